The van der Waals surface area contributed by atoms with Crippen LogP contribution in [0.4, 0.5) is 4.79 Å². The summed E-state index contributed by atoms with van der Waals surface area (Å²) >= 11 is 0. The van der Waals surface area contributed by atoms with Gasteiger partial charge in [0.2, 0.25) is 0 Å². The summed E-state index contributed by atoms with van der Waals surface area (Å²) in [4.78, 5) is 11.0. The number of carboxylic acid groups (broad SMARTS) is 1. The minimum Gasteiger partial charge on any atom is -0.465 e. The largest absolute Gasteiger partial charge is 0.465 e. The van der Waals surface area contributed by atoms with Crippen LogP contribution in [0.3, 0.4) is 0 Å². The quantitative estimate of drug-likeness (QED) is 0.141. The zero-order chi connectivity index (χ0) is 22.8. The molecule has 0 bridgehead atoms. The van der Waals surface area contributed by atoms with Crippen LogP contribution in [-0.2, 0) is 0 Å². The van der Waals surface area contributed by atoms with Gasteiger partial charge < -0.3 is 10.4 Å². The average molecular weight is 432 g/mol. The second kappa shape index (κ2) is 24.5. The van der Waals surface area contributed by atoms with E-state index in [1.807, 2.05) is 0 Å². The third-order valence-corrected chi connectivity index (χ3v) is 5.46. The number of rotatable bonds is 21. The van der Waals surface area contributed by atoms with Gasteiger partial charge in [0.05, 0.1) is 0 Å². The molecular weight excluding hydrogens is 382 g/mol. The summed E-state index contributed by atoms with van der Waals surface area (Å²) in [6.45, 7) is 4.47. The Morgan fingerprint density at radius 2 is 1.06 bits per heavy atom. The van der Waals surface area contributed by atoms with Gasteiger partial charge in [-0.3, -0.25) is 0 Å². The Kier molecular flexibility index (Phi) is 23.1. The van der Waals surface area contributed by atoms with Crippen molar-refractivity contribution in [1.82, 2.24) is 5.32 Å². The number of amides is 1. The lowest BCUT2D eigenvalue weighted by Gasteiger charge is -2.16. The number of unbranched alkanes of at least 4 members (excludes halogenated alkanes) is 11. The molecule has 2 N–H and O–H groups in total. The molecule has 0 radical (unpaired) electrons. The summed E-state index contributed by atoms with van der Waals surface area (Å²) in [6.07, 6.45) is 35.1. The van der Waals surface area contributed by atoms with E-state index in [2.05, 4.69) is 67.8 Å². The van der Waals surface area contributed by atoms with E-state index in [0.29, 0.717) is 0 Å². The smallest absolute Gasteiger partial charge is 0.404 e. The highest BCUT2D eigenvalue weighted by Crippen LogP contribution is 2.13. The molecule has 0 aromatic heterocycles. The molecule has 0 aliphatic rings. The molecule has 1 unspecified atom stereocenters. The molecule has 0 saturated carbocycles. The molecule has 1 atom stereocenters. The maximum Gasteiger partial charge on any atom is 0.404 e. The van der Waals surface area contributed by atoms with Crippen molar-refractivity contribution < 1.29 is 9.90 Å². The number of nitrogens with one attached hydrogen (secondary N) is 1. The van der Waals surface area contributed by atoms with Gasteiger partial charge in [-0.25, -0.2) is 4.79 Å². The maximum absolute atomic E-state index is 11.0. The summed E-state index contributed by atoms with van der Waals surface area (Å²) in [5.74, 6) is 0. The second-order valence-electron chi connectivity index (χ2n) is 8.46. The molecule has 1 amide bonds. The summed E-state index contributed by atoms with van der Waals surface area (Å²) in [5.41, 5.74) is 0. The number of hydrogen-bond donors (Lipinski definition) is 2. The minimum absolute atomic E-state index is 0.109. The highest BCUT2D eigenvalue weighted by molar-refractivity contribution is 5.64. The van der Waals surface area contributed by atoms with Crippen molar-refractivity contribution >= 4 is 6.09 Å². The molecule has 0 aromatic carbocycles. The lowest BCUT2D eigenvalue weighted by Crippen LogP contribution is -2.33. The fourth-order valence-corrected chi connectivity index (χ4v) is 3.58. The van der Waals surface area contributed by atoms with Crippen LogP contribution >= 0.6 is 0 Å². The first-order valence-electron chi connectivity index (χ1n) is 12.8. The molecule has 0 aliphatic heterocycles. The van der Waals surface area contributed by atoms with Crippen LogP contribution in [0.2, 0.25) is 0 Å². The van der Waals surface area contributed by atoms with Gasteiger partial charge in [-0.2, -0.15) is 0 Å². The zero-order valence-corrected chi connectivity index (χ0v) is 20.4. The summed E-state index contributed by atoms with van der Waals surface area (Å²) < 4.78 is 0. The van der Waals surface area contributed by atoms with Gasteiger partial charge in [-0.1, -0.05) is 127 Å². The van der Waals surface area contributed by atoms with Gasteiger partial charge in [-0.15, -0.1) is 0 Å². The van der Waals surface area contributed by atoms with Crippen LogP contribution < -0.4 is 5.32 Å². The Hall–Kier alpha value is -1.77. The van der Waals surface area contributed by atoms with Crippen molar-refractivity contribution in [1.29, 1.82) is 0 Å². The number of carbonyl (C=O) groups is 1. The lowest BCUT2D eigenvalue weighted by molar-refractivity contribution is 0.187. The third kappa shape index (κ3) is 24.4. The van der Waals surface area contributed by atoms with E-state index in [9.17, 15) is 4.79 Å². The lowest BCUT2D eigenvalue weighted by atomic mass is 10.0. The average Bonchev–Trinajstić information content (AvgIpc) is 2.75. The number of hydrogen-bond acceptors (Lipinski definition) is 1. The molecule has 3 heteroatoms. The van der Waals surface area contributed by atoms with E-state index < -0.39 is 6.09 Å². The van der Waals surface area contributed by atoms with Crippen LogP contribution in [0.1, 0.15) is 117 Å². The predicted octanol–water partition coefficient (Wildman–Crippen LogP) is 9.13. The van der Waals surface area contributed by atoms with Gasteiger partial charge in [0.1, 0.15) is 0 Å². The number of allylic oxidation sites excluding steroid dienone is 8. The van der Waals surface area contributed by atoms with E-state index in [4.69, 9.17) is 5.11 Å². The van der Waals surface area contributed by atoms with Crippen molar-refractivity contribution in [3.8, 4) is 0 Å². The summed E-state index contributed by atoms with van der Waals surface area (Å²) in [5, 5.41) is 11.8. The molecule has 3 nitrogen and oxygen atoms in total. The summed E-state index contributed by atoms with van der Waals surface area (Å²) in [7, 11) is 0. The normalized spacial score (nSPS) is 13.2. The van der Waals surface area contributed by atoms with Crippen LogP contribution in [0.25, 0.3) is 0 Å². The first kappa shape index (κ1) is 29.2. The molecule has 31 heavy (non-hydrogen) atoms. The van der Waals surface area contributed by atoms with Crippen molar-refractivity contribution in [2.24, 2.45) is 0 Å². The van der Waals surface area contributed by atoms with Crippen molar-refractivity contribution in [2.75, 3.05) is 0 Å². The summed E-state index contributed by atoms with van der Waals surface area (Å²) in [6, 6.07) is 0.109. The zero-order valence-electron chi connectivity index (χ0n) is 20.4. The highest BCUT2D eigenvalue weighted by atomic mass is 16.4. The Morgan fingerprint density at radius 1 is 0.645 bits per heavy atom. The van der Waals surface area contributed by atoms with E-state index in [1.165, 1.54) is 64.2 Å². The first-order valence-corrected chi connectivity index (χ1v) is 12.8. The van der Waals surface area contributed by atoms with Crippen LogP contribution in [-0.4, -0.2) is 17.2 Å². The first-order chi connectivity index (χ1) is 15.2. The monoisotopic (exact) mass is 431 g/mol. The maximum atomic E-state index is 11.0. The fraction of sp³-hybridized carbons (Fsp3) is 0.679. The predicted molar refractivity (Wildman–Crippen MR) is 137 cm³/mol. The van der Waals surface area contributed by atoms with Crippen molar-refractivity contribution in [3.63, 3.8) is 0 Å². The molecule has 0 spiro atoms. The van der Waals surface area contributed by atoms with E-state index >= 15 is 0 Å². The fourth-order valence-electron chi connectivity index (χ4n) is 3.58. The van der Waals surface area contributed by atoms with E-state index in [1.54, 1.807) is 0 Å². The molecule has 0 saturated heterocycles. The van der Waals surface area contributed by atoms with Gasteiger partial charge in [0.25, 0.3) is 0 Å². The second-order valence-corrected chi connectivity index (χ2v) is 8.46. The minimum atomic E-state index is -0.887. The van der Waals surface area contributed by atoms with Crippen molar-refractivity contribution in [3.05, 3.63) is 48.6 Å². The molecule has 178 valence electrons. The van der Waals surface area contributed by atoms with Crippen LogP contribution in [0, 0.1) is 0 Å². The Morgan fingerprint density at radius 3 is 1.61 bits per heavy atom. The molecule has 0 aliphatic carbocycles. The molecule has 0 rings (SSSR count). The molecular formula is C28H49NO2. The van der Waals surface area contributed by atoms with Crippen LogP contribution in [0.15, 0.2) is 48.6 Å². The topological polar surface area (TPSA) is 49.3 Å². The Balaban J connectivity index is 3.81. The van der Waals surface area contributed by atoms with Gasteiger partial charge >= 0.3 is 6.09 Å². The third-order valence-electron chi connectivity index (χ3n) is 5.46. The Labute approximate surface area is 192 Å². The van der Waals surface area contributed by atoms with Gasteiger partial charge in [0.15, 0.2) is 0 Å². The van der Waals surface area contributed by atoms with Gasteiger partial charge in [0, 0.05) is 6.04 Å². The van der Waals surface area contributed by atoms with E-state index in [-0.39, 0.29) is 6.04 Å². The van der Waals surface area contributed by atoms with Crippen molar-refractivity contribution in [2.45, 2.75) is 123 Å². The molecule has 0 heterocycles. The Bertz CT molecular complexity index is 505. The SMILES string of the molecule is CCCCC/C=C/C=C/C=C/C=C/CCCCC(CCCCCCCCC)NC(=O)O. The standard InChI is InChI=1S/C28H49NO2/c1-3-5-7-9-11-12-13-14-15-16-17-18-20-22-24-26-27(29-28(30)31)25-23-21-19-10-8-6-4-2/h11-18,27,29H,3-10,19-26H2,1-2H3,(H,30,31)/b12-11+,14-13+,16-15+,18-17+. The van der Waals surface area contributed by atoms with Crippen LogP contribution in [0.5, 0.6) is 0 Å². The highest BCUT2D eigenvalue weighted by Gasteiger charge is 2.10. The van der Waals surface area contributed by atoms with Gasteiger partial charge in [-0.05, 0) is 38.5 Å². The van der Waals surface area contributed by atoms with E-state index in [0.717, 1.165) is 38.5 Å². The molecule has 0 aromatic rings. The molecule has 0 fully saturated rings.